The van der Waals surface area contributed by atoms with Crippen molar-refractivity contribution in [2.75, 3.05) is 30.3 Å². The lowest BCUT2D eigenvalue weighted by Crippen LogP contribution is -2.60. The molecular weight excluding hydrogens is 506 g/mol. The van der Waals surface area contributed by atoms with Gasteiger partial charge in [0.25, 0.3) is 0 Å². The van der Waals surface area contributed by atoms with Crippen LogP contribution in [-0.4, -0.2) is 63.0 Å². The van der Waals surface area contributed by atoms with Crippen LogP contribution >= 0.6 is 0 Å². The first-order valence-electron chi connectivity index (χ1n) is 14.4. The molecule has 10 heteroatoms. The second kappa shape index (κ2) is 11.4. The number of aromatic nitrogens is 4. The average Bonchev–Trinajstić information content (AvgIpc) is 2.97. The maximum atomic E-state index is 12.1. The summed E-state index contributed by atoms with van der Waals surface area (Å²) in [6.07, 6.45) is 9.58. The highest BCUT2D eigenvalue weighted by molar-refractivity contribution is 5.74. The van der Waals surface area contributed by atoms with E-state index in [1.807, 2.05) is 37.5 Å². The van der Waals surface area contributed by atoms with E-state index >= 15 is 0 Å². The Balaban J connectivity index is 1.09. The van der Waals surface area contributed by atoms with E-state index < -0.39 is 0 Å². The summed E-state index contributed by atoms with van der Waals surface area (Å²) in [5, 5.41) is 22.5. The quantitative estimate of drug-likeness (QED) is 0.394. The van der Waals surface area contributed by atoms with Gasteiger partial charge in [0, 0.05) is 49.0 Å². The molecule has 4 heterocycles. The monoisotopic (exact) mass is 543 g/mol. The van der Waals surface area contributed by atoms with E-state index in [9.17, 15) is 9.90 Å². The summed E-state index contributed by atoms with van der Waals surface area (Å²) in [6, 6.07) is 9.61. The van der Waals surface area contributed by atoms with Crippen LogP contribution in [0.5, 0.6) is 5.75 Å². The molecule has 1 aromatic carbocycles. The largest absolute Gasteiger partial charge is 0.507 e. The van der Waals surface area contributed by atoms with Crippen molar-refractivity contribution < 1.29 is 14.6 Å². The fourth-order valence-electron chi connectivity index (χ4n) is 6.68. The van der Waals surface area contributed by atoms with Gasteiger partial charge in [-0.15, -0.1) is 10.2 Å². The number of phenols is 1. The summed E-state index contributed by atoms with van der Waals surface area (Å²) < 4.78 is 5.21. The number of piperidine rings is 1. The average molecular weight is 544 g/mol. The zero-order chi connectivity index (χ0) is 27.6. The van der Waals surface area contributed by atoms with E-state index in [0.717, 1.165) is 63.1 Å². The molecule has 2 aliphatic heterocycles. The molecular formula is C30H37N7O3. The van der Waals surface area contributed by atoms with E-state index in [2.05, 4.69) is 20.4 Å². The number of para-hydroxylation sites is 1. The van der Waals surface area contributed by atoms with Gasteiger partial charge in [0.05, 0.1) is 23.9 Å². The smallest absolute Gasteiger partial charge is 0.308 e. The third-order valence-corrected chi connectivity index (χ3v) is 8.69. The molecule has 2 atom stereocenters. The summed E-state index contributed by atoms with van der Waals surface area (Å²) in [5.41, 5.74) is 9.54. The Labute approximate surface area is 234 Å². The highest BCUT2D eigenvalue weighted by atomic mass is 16.5. The normalized spacial score (nSPS) is 26.3. The Morgan fingerprint density at radius 3 is 2.42 bits per heavy atom. The van der Waals surface area contributed by atoms with Crippen molar-refractivity contribution in [1.29, 1.82) is 0 Å². The summed E-state index contributed by atoms with van der Waals surface area (Å²) in [6.45, 7) is 3.90. The van der Waals surface area contributed by atoms with Gasteiger partial charge in [-0.05, 0) is 75.1 Å². The van der Waals surface area contributed by atoms with Crippen molar-refractivity contribution in [3.63, 3.8) is 0 Å². The molecule has 10 nitrogen and oxygen atoms in total. The second-order valence-corrected chi connectivity index (χ2v) is 11.3. The lowest BCUT2D eigenvalue weighted by atomic mass is 9.79. The first-order chi connectivity index (χ1) is 19.5. The Kier molecular flexibility index (Phi) is 7.51. The van der Waals surface area contributed by atoms with Gasteiger partial charge in [0.2, 0.25) is 0 Å². The minimum Gasteiger partial charge on any atom is -0.507 e. The number of aromatic hydroxyl groups is 1. The summed E-state index contributed by atoms with van der Waals surface area (Å²) >= 11 is 0. The molecule has 2 saturated heterocycles. The molecule has 1 aliphatic carbocycles. The van der Waals surface area contributed by atoms with Gasteiger partial charge >= 0.3 is 5.97 Å². The molecule has 3 aliphatic rings. The van der Waals surface area contributed by atoms with Crippen LogP contribution in [0.1, 0.15) is 68.7 Å². The SMILES string of the molecule is CCOC(=O)C1CCC(c2cnc(C3CC4CN(c5cc(-c6ccccc6O)nnc5N)CC(C3)N4)nc2)CC1. The van der Waals surface area contributed by atoms with Crippen molar-refractivity contribution >= 4 is 17.5 Å². The van der Waals surface area contributed by atoms with Crippen molar-refractivity contribution in [2.24, 2.45) is 5.92 Å². The molecule has 0 radical (unpaired) electrons. The molecule has 210 valence electrons. The van der Waals surface area contributed by atoms with Gasteiger partial charge in [-0.3, -0.25) is 4.79 Å². The van der Waals surface area contributed by atoms with Crippen LogP contribution in [0.4, 0.5) is 11.5 Å². The van der Waals surface area contributed by atoms with E-state index in [-0.39, 0.29) is 29.7 Å². The van der Waals surface area contributed by atoms with Crippen molar-refractivity contribution in [2.45, 2.75) is 69.4 Å². The number of phenolic OH excluding ortho intramolecular Hbond substituents is 1. The molecule has 2 aromatic heterocycles. The van der Waals surface area contributed by atoms with Crippen LogP contribution in [0.15, 0.2) is 42.7 Å². The van der Waals surface area contributed by atoms with Crippen molar-refractivity contribution in [1.82, 2.24) is 25.5 Å². The zero-order valence-electron chi connectivity index (χ0n) is 22.9. The number of nitrogen functional groups attached to an aromatic ring is 1. The molecule has 0 amide bonds. The minimum atomic E-state index is -0.0543. The van der Waals surface area contributed by atoms with Gasteiger partial charge < -0.3 is 25.8 Å². The number of hydrogen-bond donors (Lipinski definition) is 3. The first kappa shape index (κ1) is 26.4. The molecule has 0 spiro atoms. The third-order valence-electron chi connectivity index (χ3n) is 8.69. The maximum absolute atomic E-state index is 12.1. The molecule has 3 fully saturated rings. The highest BCUT2D eigenvalue weighted by Crippen LogP contribution is 2.38. The molecule has 1 saturated carbocycles. The van der Waals surface area contributed by atoms with Gasteiger partial charge in [-0.1, -0.05) is 12.1 Å². The van der Waals surface area contributed by atoms with Crippen LogP contribution in [0.3, 0.4) is 0 Å². The highest BCUT2D eigenvalue weighted by Gasteiger charge is 2.37. The Morgan fingerprint density at radius 2 is 1.75 bits per heavy atom. The Hall–Kier alpha value is -3.79. The van der Waals surface area contributed by atoms with E-state index in [4.69, 9.17) is 20.4 Å². The lowest BCUT2D eigenvalue weighted by Gasteiger charge is -2.46. The number of carbonyl (C=O) groups is 1. The second-order valence-electron chi connectivity index (χ2n) is 11.3. The van der Waals surface area contributed by atoms with Crippen LogP contribution < -0.4 is 16.0 Å². The molecule has 2 unspecified atom stereocenters. The first-order valence-corrected chi connectivity index (χ1v) is 14.4. The standard InChI is InChI=1S/C30H37N7O3/c1-2-40-30(39)19-9-7-18(8-10-19)21-14-32-29(33-15-21)20-11-22-16-37(17-23(12-20)34-22)26-13-25(35-36-28(26)31)24-5-3-4-6-27(24)38/h3-6,13-15,18-20,22-23,34,38H,2,7-12,16-17H2,1H3,(H2,31,36). The number of fused-ring (bicyclic) bond motifs is 2. The number of hydrogen-bond acceptors (Lipinski definition) is 10. The number of nitrogens with zero attached hydrogens (tertiary/aromatic N) is 5. The topological polar surface area (TPSA) is 139 Å². The summed E-state index contributed by atoms with van der Waals surface area (Å²) in [7, 11) is 0. The van der Waals surface area contributed by atoms with Gasteiger partial charge in [-0.2, -0.15) is 0 Å². The Bertz CT molecular complexity index is 1330. The lowest BCUT2D eigenvalue weighted by molar-refractivity contribution is -0.149. The molecule has 4 N–H and O–H groups in total. The summed E-state index contributed by atoms with van der Waals surface area (Å²) in [4.78, 5) is 24.0. The van der Waals surface area contributed by atoms with E-state index in [0.29, 0.717) is 35.5 Å². The number of benzene rings is 1. The predicted octanol–water partition coefficient (Wildman–Crippen LogP) is 3.78. The van der Waals surface area contributed by atoms with E-state index in [1.165, 1.54) is 5.56 Å². The van der Waals surface area contributed by atoms with Crippen LogP contribution in [-0.2, 0) is 9.53 Å². The number of nitrogens with two attached hydrogens (primary N) is 1. The number of carbonyl (C=O) groups excluding carboxylic acids is 1. The third kappa shape index (κ3) is 5.45. The molecule has 40 heavy (non-hydrogen) atoms. The molecule has 3 aromatic rings. The van der Waals surface area contributed by atoms with Crippen LogP contribution in [0, 0.1) is 5.92 Å². The van der Waals surface area contributed by atoms with Gasteiger partial charge in [0.15, 0.2) is 5.82 Å². The molecule has 6 rings (SSSR count). The fraction of sp³-hybridized carbons (Fsp3) is 0.500. The van der Waals surface area contributed by atoms with Gasteiger partial charge in [0.1, 0.15) is 11.6 Å². The number of esters is 1. The number of rotatable bonds is 6. The maximum Gasteiger partial charge on any atom is 0.308 e. The predicted molar refractivity (Wildman–Crippen MR) is 152 cm³/mol. The van der Waals surface area contributed by atoms with Crippen LogP contribution in [0.2, 0.25) is 0 Å². The van der Waals surface area contributed by atoms with Crippen molar-refractivity contribution in [3.05, 3.63) is 54.1 Å². The van der Waals surface area contributed by atoms with Gasteiger partial charge in [-0.25, -0.2) is 9.97 Å². The number of anilines is 2. The number of nitrogens with one attached hydrogen (secondary N) is 1. The summed E-state index contributed by atoms with van der Waals surface area (Å²) in [5.74, 6) is 2.16. The number of piperazine rings is 1. The minimum absolute atomic E-state index is 0.0282. The van der Waals surface area contributed by atoms with Crippen LogP contribution in [0.25, 0.3) is 11.3 Å². The molecule has 2 bridgehead atoms. The fourth-order valence-corrected chi connectivity index (χ4v) is 6.68. The number of ether oxygens (including phenoxy) is 1. The van der Waals surface area contributed by atoms with E-state index in [1.54, 1.807) is 12.1 Å². The Morgan fingerprint density at radius 1 is 1.05 bits per heavy atom. The zero-order valence-corrected chi connectivity index (χ0v) is 22.9. The van der Waals surface area contributed by atoms with Crippen molar-refractivity contribution in [3.8, 4) is 17.0 Å².